The molecule has 30 heavy (non-hydrogen) atoms. The number of carbonyl (C=O) groups is 2. The fourth-order valence-corrected chi connectivity index (χ4v) is 4.26. The summed E-state index contributed by atoms with van der Waals surface area (Å²) in [5.41, 5.74) is 1.88. The zero-order valence-corrected chi connectivity index (χ0v) is 17.5. The molecular weight excluding hydrogens is 406 g/mol. The van der Waals surface area contributed by atoms with Crippen molar-refractivity contribution in [1.29, 1.82) is 5.26 Å². The third-order valence-corrected chi connectivity index (χ3v) is 5.71. The molecule has 2 amide bonds. The van der Waals surface area contributed by atoms with Crippen LogP contribution in [0.15, 0.2) is 30.3 Å². The zero-order valence-electron chi connectivity index (χ0n) is 16.7. The monoisotopic (exact) mass is 429 g/mol. The van der Waals surface area contributed by atoms with Gasteiger partial charge in [-0.3, -0.25) is 4.79 Å². The number of ether oxygens (including phenoxy) is 3. The predicted octanol–water partition coefficient (Wildman–Crippen LogP) is 3.03. The topological polar surface area (TPSA) is 101 Å². The van der Waals surface area contributed by atoms with E-state index >= 15 is 0 Å². The Hall–Kier alpha value is -2.93. The van der Waals surface area contributed by atoms with Gasteiger partial charge in [-0.2, -0.15) is 5.26 Å². The first-order valence-electron chi connectivity index (χ1n) is 9.53. The Kier molecular flexibility index (Phi) is 7.79. The van der Waals surface area contributed by atoms with Crippen LogP contribution in [0.25, 0.3) is 0 Å². The number of amides is 2. The van der Waals surface area contributed by atoms with Crippen molar-refractivity contribution in [3.05, 3.63) is 51.9 Å². The number of carbonyl (C=O) groups excluding carboxylic acids is 2. The number of hydrogen-bond acceptors (Lipinski definition) is 7. The standard InChI is InChI=1S/C21H23N3O5S/c1-27-9-10-28-11-12-29-21(26)24-8-7-16-17(13-22)20(30-18(16)14-24)23-19(25)15-5-3-2-4-6-15/h2-6H,7-12,14H2,1H3,(H,23,25). The first-order valence-corrected chi connectivity index (χ1v) is 10.3. The fourth-order valence-electron chi connectivity index (χ4n) is 3.05. The van der Waals surface area contributed by atoms with Gasteiger partial charge >= 0.3 is 6.09 Å². The highest BCUT2D eigenvalue weighted by molar-refractivity contribution is 7.16. The van der Waals surface area contributed by atoms with E-state index in [2.05, 4.69) is 11.4 Å². The number of nitriles is 1. The molecule has 0 spiro atoms. The van der Waals surface area contributed by atoms with Crippen LogP contribution in [-0.2, 0) is 27.2 Å². The quantitative estimate of drug-likeness (QED) is 0.648. The zero-order chi connectivity index (χ0) is 21.3. The lowest BCUT2D eigenvalue weighted by atomic mass is 10.0. The van der Waals surface area contributed by atoms with Crippen LogP contribution in [0, 0.1) is 11.3 Å². The highest BCUT2D eigenvalue weighted by atomic mass is 32.1. The molecule has 8 nitrogen and oxygen atoms in total. The average Bonchev–Trinajstić information content (AvgIpc) is 3.12. The first-order chi connectivity index (χ1) is 14.6. The number of fused-ring (bicyclic) bond motifs is 1. The third kappa shape index (κ3) is 5.36. The van der Waals surface area contributed by atoms with Crippen LogP contribution >= 0.6 is 11.3 Å². The Bertz CT molecular complexity index is 923. The Labute approximate surface area is 179 Å². The molecule has 0 saturated heterocycles. The molecule has 1 N–H and O–H groups in total. The molecule has 1 aromatic carbocycles. The van der Waals surface area contributed by atoms with E-state index in [9.17, 15) is 14.9 Å². The van der Waals surface area contributed by atoms with E-state index in [0.29, 0.717) is 55.5 Å². The molecule has 3 rings (SSSR count). The summed E-state index contributed by atoms with van der Waals surface area (Å²) in [4.78, 5) is 27.3. The summed E-state index contributed by atoms with van der Waals surface area (Å²) in [6, 6.07) is 11.0. The minimum Gasteiger partial charge on any atom is -0.447 e. The lowest BCUT2D eigenvalue weighted by Gasteiger charge is -2.26. The molecule has 0 radical (unpaired) electrons. The summed E-state index contributed by atoms with van der Waals surface area (Å²) in [7, 11) is 1.59. The van der Waals surface area contributed by atoms with E-state index in [-0.39, 0.29) is 12.5 Å². The third-order valence-electron chi connectivity index (χ3n) is 4.57. The summed E-state index contributed by atoms with van der Waals surface area (Å²) in [6.07, 6.45) is 0.118. The van der Waals surface area contributed by atoms with Crippen molar-refractivity contribution in [2.24, 2.45) is 0 Å². The normalized spacial score (nSPS) is 12.7. The summed E-state index contributed by atoms with van der Waals surface area (Å²) in [6.45, 7) is 2.21. The van der Waals surface area contributed by atoms with Crippen LogP contribution in [0.3, 0.4) is 0 Å². The van der Waals surface area contributed by atoms with Gasteiger partial charge in [0.1, 0.15) is 17.7 Å². The van der Waals surface area contributed by atoms with Crippen molar-refractivity contribution in [3.8, 4) is 6.07 Å². The number of thiophene rings is 1. The molecule has 0 bridgehead atoms. The van der Waals surface area contributed by atoms with Gasteiger partial charge in [-0.25, -0.2) is 4.79 Å². The molecule has 9 heteroatoms. The van der Waals surface area contributed by atoms with Gasteiger partial charge in [-0.1, -0.05) is 18.2 Å². The number of methoxy groups -OCH3 is 1. The smallest absolute Gasteiger partial charge is 0.410 e. The number of benzene rings is 1. The van der Waals surface area contributed by atoms with Gasteiger partial charge in [-0.05, 0) is 24.1 Å². The molecule has 2 heterocycles. The van der Waals surface area contributed by atoms with Crippen molar-refractivity contribution in [1.82, 2.24) is 4.90 Å². The maximum atomic E-state index is 12.5. The Morgan fingerprint density at radius 2 is 1.97 bits per heavy atom. The largest absolute Gasteiger partial charge is 0.447 e. The van der Waals surface area contributed by atoms with Gasteiger partial charge < -0.3 is 24.4 Å². The van der Waals surface area contributed by atoms with Gasteiger partial charge in [0.15, 0.2) is 0 Å². The molecule has 158 valence electrons. The Balaban J connectivity index is 1.60. The van der Waals surface area contributed by atoms with Crippen molar-refractivity contribution in [3.63, 3.8) is 0 Å². The molecular formula is C21H23N3O5S. The molecule has 0 atom stereocenters. The average molecular weight is 429 g/mol. The van der Waals surface area contributed by atoms with Gasteiger partial charge in [0, 0.05) is 24.1 Å². The molecule has 0 unspecified atom stereocenters. The fraction of sp³-hybridized carbons (Fsp3) is 0.381. The van der Waals surface area contributed by atoms with Gasteiger partial charge in [-0.15, -0.1) is 11.3 Å². The lowest BCUT2D eigenvalue weighted by molar-refractivity contribution is 0.0321. The number of nitrogens with zero attached hydrogens (tertiary/aromatic N) is 2. The van der Waals surface area contributed by atoms with Crippen molar-refractivity contribution < 1.29 is 23.8 Å². The van der Waals surface area contributed by atoms with Crippen LogP contribution in [0.1, 0.15) is 26.4 Å². The van der Waals surface area contributed by atoms with E-state index in [1.54, 1.807) is 36.3 Å². The molecule has 1 aromatic heterocycles. The summed E-state index contributed by atoms with van der Waals surface area (Å²) in [5.74, 6) is -0.268. The molecule has 0 saturated carbocycles. The summed E-state index contributed by atoms with van der Waals surface area (Å²) >= 11 is 1.33. The first kappa shape index (κ1) is 21.8. The van der Waals surface area contributed by atoms with E-state index in [1.165, 1.54) is 11.3 Å². The maximum absolute atomic E-state index is 12.5. The van der Waals surface area contributed by atoms with Gasteiger partial charge in [0.2, 0.25) is 0 Å². The molecule has 1 aliphatic rings. The predicted molar refractivity (Wildman–Crippen MR) is 112 cm³/mol. The van der Waals surface area contributed by atoms with Crippen LogP contribution in [0.2, 0.25) is 0 Å². The molecule has 2 aromatic rings. The number of nitrogens with one attached hydrogen (secondary N) is 1. The van der Waals surface area contributed by atoms with Gasteiger partial charge in [0.25, 0.3) is 5.91 Å². The minimum atomic E-state index is -0.419. The van der Waals surface area contributed by atoms with Crippen molar-refractivity contribution in [2.75, 3.05) is 45.4 Å². The minimum absolute atomic E-state index is 0.165. The van der Waals surface area contributed by atoms with Crippen LogP contribution in [-0.4, -0.2) is 57.0 Å². The number of anilines is 1. The second kappa shape index (κ2) is 10.7. The molecule has 1 aliphatic heterocycles. The number of hydrogen-bond donors (Lipinski definition) is 1. The van der Waals surface area contributed by atoms with Crippen molar-refractivity contribution in [2.45, 2.75) is 13.0 Å². The Morgan fingerprint density at radius 1 is 1.20 bits per heavy atom. The lowest BCUT2D eigenvalue weighted by Crippen LogP contribution is -2.36. The summed E-state index contributed by atoms with van der Waals surface area (Å²) in [5, 5.41) is 12.9. The summed E-state index contributed by atoms with van der Waals surface area (Å²) < 4.78 is 15.4. The van der Waals surface area contributed by atoms with E-state index in [4.69, 9.17) is 14.2 Å². The highest BCUT2D eigenvalue weighted by Gasteiger charge is 2.28. The maximum Gasteiger partial charge on any atom is 0.410 e. The SMILES string of the molecule is COCCOCCOC(=O)N1CCc2c(sc(NC(=O)c3ccccc3)c2C#N)C1. The second-order valence-electron chi connectivity index (χ2n) is 6.53. The van der Waals surface area contributed by atoms with Gasteiger partial charge in [0.05, 0.1) is 31.9 Å². The van der Waals surface area contributed by atoms with Crippen LogP contribution in [0.4, 0.5) is 9.80 Å². The second-order valence-corrected chi connectivity index (χ2v) is 7.64. The van der Waals surface area contributed by atoms with E-state index < -0.39 is 6.09 Å². The molecule has 0 aliphatic carbocycles. The highest BCUT2D eigenvalue weighted by Crippen LogP contribution is 2.37. The van der Waals surface area contributed by atoms with Crippen LogP contribution in [0.5, 0.6) is 0 Å². The Morgan fingerprint density at radius 3 is 2.70 bits per heavy atom. The van der Waals surface area contributed by atoms with E-state index in [0.717, 1.165) is 10.4 Å². The van der Waals surface area contributed by atoms with Crippen molar-refractivity contribution >= 4 is 28.3 Å². The molecule has 0 fully saturated rings. The number of rotatable bonds is 8. The van der Waals surface area contributed by atoms with E-state index in [1.807, 2.05) is 6.07 Å². The van der Waals surface area contributed by atoms with Crippen LogP contribution < -0.4 is 5.32 Å².